The number of carbonyl (C=O) groups excluding carboxylic acids is 1. The molecule has 2 aromatic rings. The van der Waals surface area contributed by atoms with E-state index in [1.54, 1.807) is 12.1 Å². The molecule has 2 aliphatic rings. The van der Waals surface area contributed by atoms with Crippen molar-refractivity contribution in [2.75, 3.05) is 26.4 Å². The van der Waals surface area contributed by atoms with Gasteiger partial charge in [-0.1, -0.05) is 17.7 Å². The third-order valence-electron chi connectivity index (χ3n) is 4.75. The Labute approximate surface area is 168 Å². The second-order valence-corrected chi connectivity index (χ2v) is 7.68. The zero-order valence-corrected chi connectivity index (χ0v) is 16.6. The number of ether oxygens (including phenoxy) is 4. The van der Waals surface area contributed by atoms with Gasteiger partial charge in [-0.25, -0.2) is 0 Å². The van der Waals surface area contributed by atoms with E-state index in [9.17, 15) is 4.79 Å². The monoisotopic (exact) mass is 403 g/mol. The van der Waals surface area contributed by atoms with Crippen molar-refractivity contribution in [1.29, 1.82) is 0 Å². The number of halogens is 1. The molecule has 2 aliphatic heterocycles. The van der Waals surface area contributed by atoms with Gasteiger partial charge in [0.1, 0.15) is 13.2 Å². The number of benzene rings is 2. The quantitative estimate of drug-likeness (QED) is 0.840. The second kappa shape index (κ2) is 7.43. The van der Waals surface area contributed by atoms with Crippen LogP contribution in [0.25, 0.3) is 0 Å². The van der Waals surface area contributed by atoms with Crippen molar-refractivity contribution in [1.82, 2.24) is 5.32 Å². The molecule has 6 nitrogen and oxygen atoms in total. The summed E-state index contributed by atoms with van der Waals surface area (Å²) in [6, 6.07) is 8.96. The Bertz CT molecular complexity index is 912. The van der Waals surface area contributed by atoms with Gasteiger partial charge in [-0.15, -0.1) is 0 Å². The van der Waals surface area contributed by atoms with E-state index in [0.29, 0.717) is 60.0 Å². The highest BCUT2D eigenvalue weighted by molar-refractivity contribution is 6.32. The molecule has 0 spiro atoms. The summed E-state index contributed by atoms with van der Waals surface area (Å²) in [5.74, 6) is 2.13. The number of hydrogen-bond acceptors (Lipinski definition) is 5. The van der Waals surface area contributed by atoms with Gasteiger partial charge < -0.3 is 24.3 Å². The number of rotatable bonds is 3. The van der Waals surface area contributed by atoms with Gasteiger partial charge in [-0.2, -0.15) is 0 Å². The molecule has 0 atom stereocenters. The minimum Gasteiger partial charge on any atom is -0.489 e. The minimum absolute atomic E-state index is 0.252. The minimum atomic E-state index is -0.635. The van der Waals surface area contributed by atoms with Crippen LogP contribution in [-0.4, -0.2) is 32.3 Å². The Hall–Kier alpha value is -2.60. The van der Waals surface area contributed by atoms with Crippen LogP contribution in [0.15, 0.2) is 30.3 Å². The fourth-order valence-corrected chi connectivity index (χ4v) is 3.49. The molecule has 7 heteroatoms. The zero-order chi connectivity index (χ0) is 19.7. The van der Waals surface area contributed by atoms with Crippen molar-refractivity contribution < 1.29 is 23.7 Å². The molecule has 1 amide bonds. The average Bonchev–Trinajstić information content (AvgIpc) is 2.93. The van der Waals surface area contributed by atoms with Crippen LogP contribution < -0.4 is 24.3 Å². The van der Waals surface area contributed by atoms with E-state index in [1.165, 1.54) is 0 Å². The van der Waals surface area contributed by atoms with E-state index in [1.807, 2.05) is 32.0 Å². The molecule has 4 rings (SSSR count). The molecule has 0 aromatic heterocycles. The predicted molar refractivity (Wildman–Crippen MR) is 105 cm³/mol. The molecular formula is C21H22ClNO5. The molecule has 148 valence electrons. The summed E-state index contributed by atoms with van der Waals surface area (Å²) >= 11 is 6.32. The predicted octanol–water partition coefficient (Wildman–Crippen LogP) is 3.94. The van der Waals surface area contributed by atoms with Crippen LogP contribution in [0.1, 0.15) is 36.2 Å². The summed E-state index contributed by atoms with van der Waals surface area (Å²) in [6.45, 7) is 5.98. The molecule has 2 heterocycles. The van der Waals surface area contributed by atoms with Gasteiger partial charge in [0.25, 0.3) is 5.91 Å². The average molecular weight is 404 g/mol. The first-order chi connectivity index (χ1) is 13.4. The van der Waals surface area contributed by atoms with Crippen LogP contribution in [-0.2, 0) is 5.54 Å². The van der Waals surface area contributed by atoms with Crippen molar-refractivity contribution in [3.63, 3.8) is 0 Å². The Balaban J connectivity index is 1.57. The highest BCUT2D eigenvalue weighted by atomic mass is 35.5. The number of carbonyl (C=O) groups is 1. The van der Waals surface area contributed by atoms with E-state index in [-0.39, 0.29) is 5.91 Å². The summed E-state index contributed by atoms with van der Waals surface area (Å²) in [6.07, 6.45) is 0.768. The maximum atomic E-state index is 12.9. The summed E-state index contributed by atoms with van der Waals surface area (Å²) in [4.78, 5) is 12.9. The summed E-state index contributed by atoms with van der Waals surface area (Å²) in [5.41, 5.74) is 0.689. The molecule has 1 N–H and O–H groups in total. The normalized spacial score (nSPS) is 15.5. The van der Waals surface area contributed by atoms with Gasteiger partial charge in [-0.05, 0) is 43.7 Å². The summed E-state index contributed by atoms with van der Waals surface area (Å²) < 4.78 is 22.5. The zero-order valence-electron chi connectivity index (χ0n) is 15.8. The SMILES string of the molecule is CC(C)(NC(=O)c1cc(Cl)c2c(c1)OCCCO2)c1ccc2c(c1)OCCO2. The molecule has 0 fully saturated rings. The molecular weight excluding hydrogens is 382 g/mol. The standard InChI is InChI=1S/C21H22ClNO5/c1-21(2,14-4-5-16-17(12-14)27-9-8-26-16)23-20(24)13-10-15(22)19-18(11-13)25-6-3-7-28-19/h4-5,10-12H,3,6-9H2,1-2H3,(H,23,24). The van der Waals surface area contributed by atoms with Crippen molar-refractivity contribution in [3.05, 3.63) is 46.5 Å². The summed E-state index contributed by atoms with van der Waals surface area (Å²) in [5, 5.41) is 3.42. The lowest BCUT2D eigenvalue weighted by Crippen LogP contribution is -2.41. The second-order valence-electron chi connectivity index (χ2n) is 7.27. The van der Waals surface area contributed by atoms with Crippen molar-refractivity contribution in [3.8, 4) is 23.0 Å². The molecule has 0 saturated heterocycles. The smallest absolute Gasteiger partial charge is 0.252 e. The highest BCUT2D eigenvalue weighted by Gasteiger charge is 2.27. The lowest BCUT2D eigenvalue weighted by Gasteiger charge is -2.29. The maximum Gasteiger partial charge on any atom is 0.252 e. The van der Waals surface area contributed by atoms with E-state index >= 15 is 0 Å². The third kappa shape index (κ3) is 3.69. The van der Waals surface area contributed by atoms with Crippen LogP contribution in [0.5, 0.6) is 23.0 Å². The van der Waals surface area contributed by atoms with Gasteiger partial charge in [0, 0.05) is 12.0 Å². The number of hydrogen-bond donors (Lipinski definition) is 1. The van der Waals surface area contributed by atoms with E-state index in [0.717, 1.165) is 12.0 Å². The molecule has 0 radical (unpaired) electrons. The number of amides is 1. The van der Waals surface area contributed by atoms with Gasteiger partial charge >= 0.3 is 0 Å². The molecule has 2 aromatic carbocycles. The van der Waals surface area contributed by atoms with E-state index in [2.05, 4.69) is 5.32 Å². The Morgan fingerprint density at radius 1 is 0.929 bits per heavy atom. The Morgan fingerprint density at radius 2 is 1.64 bits per heavy atom. The molecule has 0 unspecified atom stereocenters. The van der Waals surface area contributed by atoms with E-state index < -0.39 is 5.54 Å². The van der Waals surface area contributed by atoms with Crippen LogP contribution in [0.2, 0.25) is 5.02 Å². The maximum absolute atomic E-state index is 12.9. The van der Waals surface area contributed by atoms with Gasteiger partial charge in [-0.3, -0.25) is 4.79 Å². The van der Waals surface area contributed by atoms with Gasteiger partial charge in [0.2, 0.25) is 0 Å². The van der Waals surface area contributed by atoms with E-state index in [4.69, 9.17) is 30.5 Å². The van der Waals surface area contributed by atoms with Crippen LogP contribution >= 0.6 is 11.6 Å². The fourth-order valence-electron chi connectivity index (χ4n) is 3.22. The first-order valence-electron chi connectivity index (χ1n) is 9.26. The summed E-state index contributed by atoms with van der Waals surface area (Å²) in [7, 11) is 0. The molecule has 28 heavy (non-hydrogen) atoms. The van der Waals surface area contributed by atoms with Crippen LogP contribution in [0.3, 0.4) is 0 Å². The van der Waals surface area contributed by atoms with Crippen molar-refractivity contribution in [2.24, 2.45) is 0 Å². The lowest BCUT2D eigenvalue weighted by atomic mass is 9.93. The Morgan fingerprint density at radius 3 is 2.46 bits per heavy atom. The lowest BCUT2D eigenvalue weighted by molar-refractivity contribution is 0.0911. The largest absolute Gasteiger partial charge is 0.489 e. The van der Waals surface area contributed by atoms with Crippen LogP contribution in [0, 0.1) is 0 Å². The number of fused-ring (bicyclic) bond motifs is 2. The van der Waals surface area contributed by atoms with Crippen molar-refractivity contribution in [2.45, 2.75) is 25.8 Å². The molecule has 0 aliphatic carbocycles. The first-order valence-corrected chi connectivity index (χ1v) is 9.64. The van der Waals surface area contributed by atoms with Crippen molar-refractivity contribution >= 4 is 17.5 Å². The van der Waals surface area contributed by atoms with Crippen LogP contribution in [0.4, 0.5) is 0 Å². The fraction of sp³-hybridized carbons (Fsp3) is 0.381. The highest BCUT2D eigenvalue weighted by Crippen LogP contribution is 2.38. The topological polar surface area (TPSA) is 66.0 Å². The molecule has 0 saturated carbocycles. The van der Waals surface area contributed by atoms with Gasteiger partial charge in [0.05, 0.1) is 23.8 Å². The third-order valence-corrected chi connectivity index (χ3v) is 5.04. The Kier molecular flexibility index (Phi) is 4.98. The van der Waals surface area contributed by atoms with Gasteiger partial charge in [0.15, 0.2) is 23.0 Å². The molecule has 0 bridgehead atoms. The first kappa shape index (κ1) is 18.7. The number of nitrogens with one attached hydrogen (secondary N) is 1.